The van der Waals surface area contributed by atoms with Gasteiger partial charge in [-0.1, -0.05) is 12.1 Å². The van der Waals surface area contributed by atoms with Crippen LogP contribution in [0.1, 0.15) is 18.9 Å². The van der Waals surface area contributed by atoms with E-state index in [2.05, 4.69) is 5.32 Å². The maximum absolute atomic E-state index is 11.7. The minimum Gasteiger partial charge on any atom is -0.484 e. The summed E-state index contributed by atoms with van der Waals surface area (Å²) in [7, 11) is 0. The van der Waals surface area contributed by atoms with Gasteiger partial charge in [0.25, 0.3) is 5.91 Å². The van der Waals surface area contributed by atoms with Gasteiger partial charge in [0.1, 0.15) is 11.4 Å². The van der Waals surface area contributed by atoms with Crippen LogP contribution in [-0.4, -0.2) is 42.5 Å². The predicted octanol–water partition coefficient (Wildman–Crippen LogP) is 1.03. The summed E-state index contributed by atoms with van der Waals surface area (Å²) in [6.07, 6.45) is 0.271. The van der Waals surface area contributed by atoms with Crippen molar-refractivity contribution in [3.05, 3.63) is 29.8 Å². The number of benzene rings is 1. The van der Waals surface area contributed by atoms with Crippen molar-refractivity contribution in [1.82, 2.24) is 5.32 Å². The van der Waals surface area contributed by atoms with Gasteiger partial charge in [0.2, 0.25) is 0 Å². The molecule has 0 spiro atoms. The molecule has 5 nitrogen and oxygen atoms in total. The first-order valence-corrected chi connectivity index (χ1v) is 6.80. The number of aryl methyl sites for hydroxylation is 1. The molecule has 1 amide bonds. The zero-order valence-corrected chi connectivity index (χ0v) is 11.9. The van der Waals surface area contributed by atoms with E-state index in [4.69, 9.17) is 9.47 Å². The summed E-state index contributed by atoms with van der Waals surface area (Å²) in [5.41, 5.74) is 0.105. The minimum absolute atomic E-state index is 0.0607. The molecule has 2 rings (SSSR count). The molecule has 0 aromatic heterocycles. The van der Waals surface area contributed by atoms with Crippen molar-refractivity contribution >= 4 is 5.91 Å². The number of nitrogens with one attached hydrogen (secondary N) is 1. The third-order valence-electron chi connectivity index (χ3n) is 3.61. The van der Waals surface area contributed by atoms with E-state index in [0.29, 0.717) is 18.8 Å². The molecule has 20 heavy (non-hydrogen) atoms. The smallest absolute Gasteiger partial charge is 0.258 e. The molecule has 1 aromatic rings. The molecule has 1 heterocycles. The second-order valence-electron chi connectivity index (χ2n) is 5.25. The molecule has 1 fully saturated rings. The Morgan fingerprint density at radius 3 is 3.05 bits per heavy atom. The van der Waals surface area contributed by atoms with Crippen LogP contribution in [0.25, 0.3) is 0 Å². The van der Waals surface area contributed by atoms with Gasteiger partial charge >= 0.3 is 0 Å². The van der Waals surface area contributed by atoms with Gasteiger partial charge in [-0.2, -0.15) is 0 Å². The molecule has 2 atom stereocenters. The molecule has 2 unspecified atom stereocenters. The lowest BCUT2D eigenvalue weighted by Crippen LogP contribution is -2.48. The Morgan fingerprint density at radius 1 is 1.60 bits per heavy atom. The van der Waals surface area contributed by atoms with Crippen LogP contribution in [0, 0.1) is 6.92 Å². The van der Waals surface area contributed by atoms with Crippen LogP contribution < -0.4 is 10.1 Å². The highest BCUT2D eigenvalue weighted by molar-refractivity contribution is 5.77. The van der Waals surface area contributed by atoms with Crippen LogP contribution in [-0.2, 0) is 9.53 Å². The first kappa shape index (κ1) is 14.8. The third kappa shape index (κ3) is 3.71. The van der Waals surface area contributed by atoms with Crippen LogP contribution in [0.2, 0.25) is 0 Å². The van der Waals surface area contributed by atoms with E-state index < -0.39 is 5.60 Å². The zero-order chi connectivity index (χ0) is 14.6. The Hall–Kier alpha value is -1.59. The molecule has 0 radical (unpaired) electrons. The Morgan fingerprint density at radius 2 is 2.40 bits per heavy atom. The zero-order valence-electron chi connectivity index (χ0n) is 11.9. The Bertz CT molecular complexity index is 477. The van der Waals surface area contributed by atoms with Crippen LogP contribution in [0.15, 0.2) is 24.3 Å². The predicted molar refractivity (Wildman–Crippen MR) is 74.7 cm³/mol. The number of carbonyl (C=O) groups excluding carboxylic acids is 1. The van der Waals surface area contributed by atoms with E-state index in [1.807, 2.05) is 32.0 Å². The fraction of sp³-hybridized carbons (Fsp3) is 0.533. The molecule has 1 aromatic carbocycles. The van der Waals surface area contributed by atoms with Gasteiger partial charge in [-0.05, 0) is 31.5 Å². The molecule has 2 N–H and O–H groups in total. The SMILES string of the molecule is Cc1cccc(OCC(=O)NCC2(O)CCOC2C)c1. The van der Waals surface area contributed by atoms with E-state index in [1.54, 1.807) is 6.07 Å². The summed E-state index contributed by atoms with van der Waals surface area (Å²) in [6, 6.07) is 7.52. The summed E-state index contributed by atoms with van der Waals surface area (Å²) < 4.78 is 10.7. The van der Waals surface area contributed by atoms with Gasteiger partial charge in [-0.3, -0.25) is 4.79 Å². The van der Waals surface area contributed by atoms with Crippen molar-refractivity contribution in [3.8, 4) is 5.75 Å². The van der Waals surface area contributed by atoms with Crippen molar-refractivity contribution in [3.63, 3.8) is 0 Å². The number of rotatable bonds is 5. The Balaban J connectivity index is 1.76. The molecular weight excluding hydrogens is 258 g/mol. The van der Waals surface area contributed by atoms with E-state index in [-0.39, 0.29) is 25.2 Å². The highest BCUT2D eigenvalue weighted by Crippen LogP contribution is 2.24. The summed E-state index contributed by atoms with van der Waals surface area (Å²) in [5.74, 6) is 0.412. The van der Waals surface area contributed by atoms with E-state index >= 15 is 0 Å². The van der Waals surface area contributed by atoms with Crippen LogP contribution >= 0.6 is 0 Å². The number of hydrogen-bond acceptors (Lipinski definition) is 4. The molecule has 1 aliphatic heterocycles. The quantitative estimate of drug-likeness (QED) is 0.845. The van der Waals surface area contributed by atoms with Gasteiger partial charge < -0.3 is 19.9 Å². The lowest BCUT2D eigenvalue weighted by molar-refractivity contribution is -0.124. The lowest BCUT2D eigenvalue weighted by atomic mass is 9.97. The number of hydrogen-bond donors (Lipinski definition) is 2. The standard InChI is InChI=1S/C15H21NO4/c1-11-4-3-5-13(8-11)20-9-14(17)16-10-15(18)6-7-19-12(15)2/h3-5,8,12,18H,6-7,9-10H2,1-2H3,(H,16,17). The van der Waals surface area contributed by atoms with E-state index in [0.717, 1.165) is 5.56 Å². The van der Waals surface area contributed by atoms with Gasteiger partial charge in [-0.25, -0.2) is 0 Å². The van der Waals surface area contributed by atoms with Crippen molar-refractivity contribution < 1.29 is 19.4 Å². The van der Waals surface area contributed by atoms with Crippen molar-refractivity contribution in [1.29, 1.82) is 0 Å². The molecule has 5 heteroatoms. The maximum atomic E-state index is 11.7. The number of carbonyl (C=O) groups is 1. The van der Waals surface area contributed by atoms with Crippen LogP contribution in [0.4, 0.5) is 0 Å². The topological polar surface area (TPSA) is 67.8 Å². The molecule has 0 bridgehead atoms. The van der Waals surface area contributed by atoms with Gasteiger partial charge in [0.15, 0.2) is 6.61 Å². The monoisotopic (exact) mass is 279 g/mol. The number of aliphatic hydroxyl groups is 1. The largest absolute Gasteiger partial charge is 0.484 e. The number of ether oxygens (including phenoxy) is 2. The summed E-state index contributed by atoms with van der Waals surface area (Å²) in [5, 5.41) is 12.9. The second-order valence-corrected chi connectivity index (χ2v) is 5.25. The summed E-state index contributed by atoms with van der Waals surface area (Å²) >= 11 is 0. The third-order valence-corrected chi connectivity index (χ3v) is 3.61. The van der Waals surface area contributed by atoms with E-state index in [9.17, 15) is 9.90 Å². The van der Waals surface area contributed by atoms with Crippen LogP contribution in [0.3, 0.4) is 0 Å². The average molecular weight is 279 g/mol. The number of amides is 1. The maximum Gasteiger partial charge on any atom is 0.258 e. The molecular formula is C15H21NO4. The molecule has 0 saturated carbocycles. The first-order chi connectivity index (χ1) is 9.49. The molecule has 0 aliphatic carbocycles. The molecule has 110 valence electrons. The first-order valence-electron chi connectivity index (χ1n) is 6.80. The van der Waals surface area contributed by atoms with E-state index in [1.165, 1.54) is 0 Å². The highest BCUT2D eigenvalue weighted by atomic mass is 16.5. The molecule has 1 aliphatic rings. The highest BCUT2D eigenvalue weighted by Gasteiger charge is 2.39. The Labute approximate surface area is 118 Å². The summed E-state index contributed by atoms with van der Waals surface area (Å²) in [6.45, 7) is 4.42. The van der Waals surface area contributed by atoms with Crippen molar-refractivity contribution in [2.45, 2.75) is 32.0 Å². The van der Waals surface area contributed by atoms with Gasteiger partial charge in [0.05, 0.1) is 6.10 Å². The van der Waals surface area contributed by atoms with Crippen molar-refractivity contribution in [2.75, 3.05) is 19.8 Å². The fourth-order valence-corrected chi connectivity index (χ4v) is 2.16. The van der Waals surface area contributed by atoms with Gasteiger partial charge in [0, 0.05) is 19.6 Å². The molecule has 1 saturated heterocycles. The van der Waals surface area contributed by atoms with Crippen LogP contribution in [0.5, 0.6) is 5.75 Å². The normalized spacial score (nSPS) is 25.4. The van der Waals surface area contributed by atoms with Gasteiger partial charge in [-0.15, -0.1) is 0 Å². The second kappa shape index (κ2) is 6.24. The van der Waals surface area contributed by atoms with Crippen molar-refractivity contribution in [2.24, 2.45) is 0 Å². The fourth-order valence-electron chi connectivity index (χ4n) is 2.16. The lowest BCUT2D eigenvalue weighted by Gasteiger charge is -2.26. The Kier molecular flexibility index (Phi) is 4.62. The average Bonchev–Trinajstić information content (AvgIpc) is 2.75. The minimum atomic E-state index is -0.973. The summed E-state index contributed by atoms with van der Waals surface area (Å²) in [4.78, 5) is 11.7.